The average Bonchev–Trinajstić information content (AvgIpc) is 2.61. The first-order chi connectivity index (χ1) is 11.5. The summed E-state index contributed by atoms with van der Waals surface area (Å²) in [6, 6.07) is 11.4. The largest absolute Gasteiger partial charge is 0.341 e. The number of para-hydroxylation sites is 1. The van der Waals surface area contributed by atoms with Crippen LogP contribution < -0.4 is 9.80 Å². The number of hydrogen-bond acceptors (Lipinski definition) is 4. The summed E-state index contributed by atoms with van der Waals surface area (Å²) < 4.78 is 0. The molecule has 0 atom stereocenters. The van der Waals surface area contributed by atoms with Crippen LogP contribution in [0.1, 0.15) is 35.9 Å². The molecule has 0 radical (unpaired) electrons. The van der Waals surface area contributed by atoms with E-state index in [9.17, 15) is 4.79 Å². The standard InChI is InChI=1S/C19H24N4O/c1-14-9-11-23(12-10-14)19-20-15(2)13-17(21-19)18(24)22(3)16-7-5-4-6-8-16/h4-8,13-14H,9-12H2,1-3H3. The van der Waals surface area contributed by atoms with Crippen molar-refractivity contribution >= 4 is 17.5 Å². The van der Waals surface area contributed by atoms with Gasteiger partial charge in [-0.15, -0.1) is 0 Å². The number of anilines is 2. The van der Waals surface area contributed by atoms with Gasteiger partial charge in [0.2, 0.25) is 5.95 Å². The van der Waals surface area contributed by atoms with Crippen molar-refractivity contribution in [1.29, 1.82) is 0 Å². The highest BCUT2D eigenvalue weighted by Crippen LogP contribution is 2.21. The summed E-state index contributed by atoms with van der Waals surface area (Å²) >= 11 is 0. The van der Waals surface area contributed by atoms with Gasteiger partial charge in [0.05, 0.1) is 0 Å². The van der Waals surface area contributed by atoms with E-state index >= 15 is 0 Å². The van der Waals surface area contributed by atoms with Crippen LogP contribution in [0.25, 0.3) is 0 Å². The first-order valence-corrected chi connectivity index (χ1v) is 8.48. The zero-order chi connectivity index (χ0) is 17.1. The molecule has 1 amide bonds. The number of piperidine rings is 1. The summed E-state index contributed by atoms with van der Waals surface area (Å²) in [5.41, 5.74) is 2.12. The SMILES string of the molecule is Cc1cc(C(=O)N(C)c2ccccc2)nc(N2CCC(C)CC2)n1. The highest BCUT2D eigenvalue weighted by molar-refractivity contribution is 6.04. The molecule has 1 aliphatic heterocycles. The normalized spacial score (nSPS) is 15.4. The zero-order valence-corrected chi connectivity index (χ0v) is 14.6. The van der Waals surface area contributed by atoms with Crippen LogP contribution in [0.3, 0.4) is 0 Å². The van der Waals surface area contributed by atoms with Gasteiger partial charge in [0.25, 0.3) is 5.91 Å². The summed E-state index contributed by atoms with van der Waals surface area (Å²) in [5, 5.41) is 0. The molecule has 1 fully saturated rings. The van der Waals surface area contributed by atoms with Crippen molar-refractivity contribution in [3.05, 3.63) is 47.8 Å². The molecule has 1 aliphatic rings. The van der Waals surface area contributed by atoms with E-state index in [4.69, 9.17) is 0 Å². The molecule has 1 aromatic carbocycles. The first-order valence-electron chi connectivity index (χ1n) is 8.48. The van der Waals surface area contributed by atoms with Crippen molar-refractivity contribution in [2.75, 3.05) is 29.9 Å². The summed E-state index contributed by atoms with van der Waals surface area (Å²) in [7, 11) is 1.78. The van der Waals surface area contributed by atoms with Crippen molar-refractivity contribution in [3.8, 4) is 0 Å². The number of hydrogen-bond donors (Lipinski definition) is 0. The number of benzene rings is 1. The summed E-state index contributed by atoms with van der Waals surface area (Å²) in [5.74, 6) is 1.31. The Kier molecular flexibility index (Phi) is 4.79. The van der Waals surface area contributed by atoms with Gasteiger partial charge in [0.1, 0.15) is 5.69 Å². The molecule has 0 unspecified atom stereocenters. The van der Waals surface area contributed by atoms with Crippen LogP contribution in [0.5, 0.6) is 0 Å². The monoisotopic (exact) mass is 324 g/mol. The molecular weight excluding hydrogens is 300 g/mol. The van der Waals surface area contributed by atoms with E-state index in [1.165, 1.54) is 0 Å². The van der Waals surface area contributed by atoms with Gasteiger partial charge in [-0.05, 0) is 43.9 Å². The number of aryl methyl sites for hydroxylation is 1. The lowest BCUT2D eigenvalue weighted by Gasteiger charge is -2.30. The van der Waals surface area contributed by atoms with E-state index in [0.717, 1.165) is 43.2 Å². The lowest BCUT2D eigenvalue weighted by molar-refractivity contribution is 0.0988. The van der Waals surface area contributed by atoms with Gasteiger partial charge in [0.15, 0.2) is 0 Å². The third kappa shape index (κ3) is 3.55. The van der Waals surface area contributed by atoms with Crippen LogP contribution in [0.4, 0.5) is 11.6 Å². The van der Waals surface area contributed by atoms with E-state index in [-0.39, 0.29) is 5.91 Å². The number of carbonyl (C=O) groups excluding carboxylic acids is 1. The second-order valence-electron chi connectivity index (χ2n) is 6.56. The lowest BCUT2D eigenvalue weighted by atomic mass is 10.00. The van der Waals surface area contributed by atoms with Gasteiger partial charge < -0.3 is 9.80 Å². The Labute approximate surface area is 143 Å². The van der Waals surface area contributed by atoms with Gasteiger partial charge in [-0.2, -0.15) is 0 Å². The molecule has 0 spiro atoms. The molecule has 3 rings (SSSR count). The molecule has 2 aromatic rings. The first kappa shape index (κ1) is 16.4. The molecule has 24 heavy (non-hydrogen) atoms. The van der Waals surface area contributed by atoms with E-state index in [0.29, 0.717) is 11.6 Å². The number of rotatable bonds is 3. The molecule has 0 saturated carbocycles. The molecule has 0 bridgehead atoms. The Morgan fingerprint density at radius 3 is 2.50 bits per heavy atom. The maximum Gasteiger partial charge on any atom is 0.276 e. The third-order valence-corrected chi connectivity index (χ3v) is 4.58. The second-order valence-corrected chi connectivity index (χ2v) is 6.56. The molecule has 0 aliphatic carbocycles. The van der Waals surface area contributed by atoms with Crippen LogP contribution in [0.15, 0.2) is 36.4 Å². The van der Waals surface area contributed by atoms with E-state index in [2.05, 4.69) is 21.8 Å². The van der Waals surface area contributed by atoms with Gasteiger partial charge >= 0.3 is 0 Å². The summed E-state index contributed by atoms with van der Waals surface area (Å²) in [6.45, 7) is 6.09. The van der Waals surface area contributed by atoms with Crippen LogP contribution in [-0.2, 0) is 0 Å². The van der Waals surface area contributed by atoms with Crippen molar-refractivity contribution in [1.82, 2.24) is 9.97 Å². The van der Waals surface area contributed by atoms with Crippen molar-refractivity contribution in [3.63, 3.8) is 0 Å². The van der Waals surface area contributed by atoms with Crippen molar-refractivity contribution in [2.24, 2.45) is 5.92 Å². The predicted octanol–water partition coefficient (Wildman–Crippen LogP) is 3.30. The fraction of sp³-hybridized carbons (Fsp3) is 0.421. The maximum absolute atomic E-state index is 12.8. The molecule has 5 heteroatoms. The fourth-order valence-electron chi connectivity index (χ4n) is 2.95. The number of amides is 1. The Morgan fingerprint density at radius 1 is 1.17 bits per heavy atom. The highest BCUT2D eigenvalue weighted by atomic mass is 16.2. The molecular formula is C19H24N4O. The number of carbonyl (C=O) groups is 1. The predicted molar refractivity (Wildman–Crippen MR) is 96.6 cm³/mol. The zero-order valence-electron chi connectivity index (χ0n) is 14.6. The fourth-order valence-corrected chi connectivity index (χ4v) is 2.95. The Balaban J connectivity index is 1.84. The third-order valence-electron chi connectivity index (χ3n) is 4.58. The van der Waals surface area contributed by atoms with E-state index in [1.807, 2.05) is 37.3 Å². The molecule has 1 saturated heterocycles. The quantitative estimate of drug-likeness (QED) is 0.869. The average molecular weight is 324 g/mol. The minimum absolute atomic E-state index is 0.113. The molecule has 1 aromatic heterocycles. The smallest absolute Gasteiger partial charge is 0.276 e. The molecule has 0 N–H and O–H groups in total. The maximum atomic E-state index is 12.8. The van der Waals surface area contributed by atoms with Crippen LogP contribution in [-0.4, -0.2) is 36.0 Å². The van der Waals surface area contributed by atoms with Crippen LogP contribution >= 0.6 is 0 Å². The van der Waals surface area contributed by atoms with Gasteiger partial charge in [-0.3, -0.25) is 4.79 Å². The van der Waals surface area contributed by atoms with Gasteiger partial charge in [0, 0.05) is 31.5 Å². The lowest BCUT2D eigenvalue weighted by Crippen LogP contribution is -2.35. The van der Waals surface area contributed by atoms with Crippen molar-refractivity contribution < 1.29 is 4.79 Å². The number of nitrogens with zero attached hydrogens (tertiary/aromatic N) is 4. The topological polar surface area (TPSA) is 49.3 Å². The summed E-state index contributed by atoms with van der Waals surface area (Å²) in [4.78, 5) is 25.7. The Morgan fingerprint density at radius 2 is 1.83 bits per heavy atom. The van der Waals surface area contributed by atoms with E-state index < -0.39 is 0 Å². The molecule has 5 nitrogen and oxygen atoms in total. The molecule has 126 valence electrons. The molecule has 2 heterocycles. The van der Waals surface area contributed by atoms with Crippen LogP contribution in [0, 0.1) is 12.8 Å². The Hall–Kier alpha value is -2.43. The highest BCUT2D eigenvalue weighted by Gasteiger charge is 2.21. The van der Waals surface area contributed by atoms with E-state index in [1.54, 1.807) is 18.0 Å². The number of aromatic nitrogens is 2. The van der Waals surface area contributed by atoms with Gasteiger partial charge in [-0.1, -0.05) is 25.1 Å². The minimum atomic E-state index is -0.113. The summed E-state index contributed by atoms with van der Waals surface area (Å²) in [6.07, 6.45) is 2.29. The van der Waals surface area contributed by atoms with Crippen LogP contribution in [0.2, 0.25) is 0 Å². The Bertz CT molecular complexity index is 709. The second kappa shape index (κ2) is 6.99. The minimum Gasteiger partial charge on any atom is -0.341 e. The van der Waals surface area contributed by atoms with Crippen molar-refractivity contribution in [2.45, 2.75) is 26.7 Å². The van der Waals surface area contributed by atoms with Gasteiger partial charge in [-0.25, -0.2) is 9.97 Å².